The van der Waals surface area contributed by atoms with Gasteiger partial charge in [-0.3, -0.25) is 0 Å². The molecule has 0 atom stereocenters. The molecule has 0 bridgehead atoms. The molecule has 3 rings (SSSR count). The van der Waals surface area contributed by atoms with Crippen LogP contribution in [-0.2, 0) is 0 Å². The van der Waals surface area contributed by atoms with Gasteiger partial charge in [0.05, 0.1) is 0 Å². The Bertz CT molecular complexity index is 818. The number of aromatic nitrogens is 2. The van der Waals surface area contributed by atoms with E-state index in [4.69, 9.17) is 5.11 Å². The van der Waals surface area contributed by atoms with Gasteiger partial charge in [-0.05, 0) is 31.5 Å². The largest absolute Gasteiger partial charge is 0.477 e. The van der Waals surface area contributed by atoms with Crippen LogP contribution in [0.5, 0.6) is 0 Å². The van der Waals surface area contributed by atoms with Crippen LogP contribution in [0.15, 0.2) is 42.7 Å². The first-order valence-corrected chi connectivity index (χ1v) is 6.34. The highest BCUT2D eigenvalue weighted by molar-refractivity contribution is 5.87. The van der Waals surface area contributed by atoms with E-state index in [0.717, 1.165) is 22.3 Å². The number of rotatable bonds is 2. The molecule has 0 spiro atoms. The maximum atomic E-state index is 11.0. The Kier molecular flexibility index (Phi) is 2.79. The van der Waals surface area contributed by atoms with Crippen LogP contribution < -0.4 is 0 Å². The minimum Gasteiger partial charge on any atom is -0.477 e. The number of hydrogen-bond acceptors (Lipinski definition) is 2. The lowest BCUT2D eigenvalue weighted by Crippen LogP contribution is -2.01. The third-order valence-electron chi connectivity index (χ3n) is 3.47. The Morgan fingerprint density at radius 1 is 1.20 bits per heavy atom. The molecule has 4 heteroatoms. The molecule has 0 saturated heterocycles. The second-order valence-electron chi connectivity index (χ2n) is 4.89. The molecule has 0 aliphatic carbocycles. The summed E-state index contributed by atoms with van der Waals surface area (Å²) in [4.78, 5) is 14.9. The number of aromatic carboxylic acids is 1. The normalized spacial score (nSPS) is 10.9. The van der Waals surface area contributed by atoms with Gasteiger partial charge >= 0.3 is 5.97 Å². The highest BCUT2D eigenvalue weighted by Gasteiger charge is 2.11. The molecule has 3 aromatic rings. The van der Waals surface area contributed by atoms with E-state index >= 15 is 0 Å². The van der Waals surface area contributed by atoms with Gasteiger partial charge in [0.1, 0.15) is 6.33 Å². The number of fused-ring (bicyclic) bond motifs is 1. The second-order valence-corrected chi connectivity index (χ2v) is 4.89. The summed E-state index contributed by atoms with van der Waals surface area (Å²) in [7, 11) is 0. The van der Waals surface area contributed by atoms with Crippen LogP contribution in [0, 0.1) is 13.8 Å². The topological polar surface area (TPSA) is 54.6 Å². The average molecular weight is 266 g/mol. The molecular formula is C16H14N2O2. The Hall–Kier alpha value is -2.62. The molecule has 2 heterocycles. The number of benzene rings is 1. The summed E-state index contributed by atoms with van der Waals surface area (Å²) in [5.41, 5.74) is 5.37. The molecule has 0 aliphatic rings. The van der Waals surface area contributed by atoms with Crippen LogP contribution in [0.3, 0.4) is 0 Å². The number of carboxylic acids is 1. The predicted molar refractivity (Wildman–Crippen MR) is 77.1 cm³/mol. The highest BCUT2D eigenvalue weighted by atomic mass is 16.4. The van der Waals surface area contributed by atoms with E-state index in [2.05, 4.69) is 30.1 Å². The molecular weight excluding hydrogens is 252 g/mol. The van der Waals surface area contributed by atoms with E-state index in [-0.39, 0.29) is 5.69 Å². The van der Waals surface area contributed by atoms with Crippen LogP contribution in [-0.4, -0.2) is 20.5 Å². The Morgan fingerprint density at radius 2 is 2.00 bits per heavy atom. The number of hydrogen-bond donors (Lipinski definition) is 1. The maximum absolute atomic E-state index is 11.0. The number of aryl methyl sites for hydroxylation is 2. The molecule has 0 aliphatic heterocycles. The van der Waals surface area contributed by atoms with Crippen LogP contribution >= 0.6 is 0 Å². The van der Waals surface area contributed by atoms with Gasteiger partial charge in [-0.25, -0.2) is 9.78 Å². The third-order valence-corrected chi connectivity index (χ3v) is 3.47. The van der Waals surface area contributed by atoms with Crippen molar-refractivity contribution in [1.82, 2.24) is 9.38 Å². The minimum atomic E-state index is -1.01. The number of carbonyl (C=O) groups is 1. The molecule has 20 heavy (non-hydrogen) atoms. The van der Waals surface area contributed by atoms with Crippen molar-refractivity contribution in [3.05, 3.63) is 59.7 Å². The molecule has 0 fully saturated rings. The first-order valence-electron chi connectivity index (χ1n) is 6.34. The summed E-state index contributed by atoms with van der Waals surface area (Å²) in [5, 5.41) is 9.00. The van der Waals surface area contributed by atoms with Crippen molar-refractivity contribution in [1.29, 1.82) is 0 Å². The molecule has 1 N–H and O–H groups in total. The monoisotopic (exact) mass is 266 g/mol. The summed E-state index contributed by atoms with van der Waals surface area (Å²) < 4.78 is 1.91. The lowest BCUT2D eigenvalue weighted by molar-refractivity contribution is 0.0690. The van der Waals surface area contributed by atoms with Gasteiger partial charge in [-0.15, -0.1) is 0 Å². The second kappa shape index (κ2) is 4.49. The Balaban J connectivity index is 2.22. The highest BCUT2D eigenvalue weighted by Crippen LogP contribution is 2.27. The van der Waals surface area contributed by atoms with Gasteiger partial charge in [0.2, 0.25) is 0 Å². The zero-order valence-electron chi connectivity index (χ0n) is 11.3. The van der Waals surface area contributed by atoms with E-state index < -0.39 is 5.97 Å². The standard InChI is InChI=1S/C16H14N2O2/c1-10-4-3-5-12(6-10)14-7-13-8-15(16(19)20)17-9-18(13)11(14)2/h3-9H,1-2H3,(H,19,20). The molecule has 100 valence electrons. The van der Waals surface area contributed by atoms with Crippen molar-refractivity contribution in [2.45, 2.75) is 13.8 Å². The van der Waals surface area contributed by atoms with Gasteiger partial charge in [-0.1, -0.05) is 29.8 Å². The molecule has 0 saturated carbocycles. The molecule has 4 nitrogen and oxygen atoms in total. The van der Waals surface area contributed by atoms with Crippen molar-refractivity contribution in [2.24, 2.45) is 0 Å². The fraction of sp³-hybridized carbons (Fsp3) is 0.125. The predicted octanol–water partition coefficient (Wildman–Crippen LogP) is 3.32. The molecule has 0 amide bonds. The molecule has 2 aromatic heterocycles. The van der Waals surface area contributed by atoms with E-state index in [1.165, 1.54) is 5.56 Å². The Morgan fingerprint density at radius 3 is 2.70 bits per heavy atom. The van der Waals surface area contributed by atoms with Crippen molar-refractivity contribution >= 4 is 11.5 Å². The van der Waals surface area contributed by atoms with E-state index in [1.807, 2.05) is 23.5 Å². The van der Waals surface area contributed by atoms with E-state index in [9.17, 15) is 4.79 Å². The van der Waals surface area contributed by atoms with Crippen molar-refractivity contribution in [2.75, 3.05) is 0 Å². The van der Waals surface area contributed by atoms with E-state index in [1.54, 1.807) is 12.4 Å². The first-order chi connectivity index (χ1) is 9.56. The van der Waals surface area contributed by atoms with Crippen molar-refractivity contribution < 1.29 is 9.90 Å². The van der Waals surface area contributed by atoms with Crippen LogP contribution in [0.4, 0.5) is 0 Å². The number of carboxylic acid groups (broad SMARTS) is 1. The number of nitrogens with zero attached hydrogens (tertiary/aromatic N) is 2. The fourth-order valence-electron chi connectivity index (χ4n) is 2.43. The maximum Gasteiger partial charge on any atom is 0.354 e. The summed E-state index contributed by atoms with van der Waals surface area (Å²) >= 11 is 0. The van der Waals surface area contributed by atoms with Crippen molar-refractivity contribution in [3.8, 4) is 11.1 Å². The minimum absolute atomic E-state index is 0.0609. The molecule has 0 radical (unpaired) electrons. The van der Waals surface area contributed by atoms with E-state index in [0.29, 0.717) is 0 Å². The molecule has 1 aromatic carbocycles. The summed E-state index contributed by atoms with van der Waals surface area (Å²) in [5.74, 6) is -1.01. The fourth-order valence-corrected chi connectivity index (χ4v) is 2.43. The quantitative estimate of drug-likeness (QED) is 0.774. The average Bonchev–Trinajstić information content (AvgIpc) is 2.75. The van der Waals surface area contributed by atoms with Crippen LogP contribution in [0.25, 0.3) is 16.6 Å². The van der Waals surface area contributed by atoms with Crippen LogP contribution in [0.2, 0.25) is 0 Å². The third kappa shape index (κ3) is 1.95. The van der Waals surface area contributed by atoms with Gasteiger partial charge in [0.15, 0.2) is 5.69 Å². The zero-order chi connectivity index (χ0) is 14.3. The van der Waals surface area contributed by atoms with Gasteiger partial charge in [0, 0.05) is 16.8 Å². The summed E-state index contributed by atoms with van der Waals surface area (Å²) in [6.45, 7) is 4.06. The zero-order valence-corrected chi connectivity index (χ0v) is 11.3. The van der Waals surface area contributed by atoms with Crippen molar-refractivity contribution in [3.63, 3.8) is 0 Å². The smallest absolute Gasteiger partial charge is 0.354 e. The lowest BCUT2D eigenvalue weighted by atomic mass is 10.0. The molecule has 0 unspecified atom stereocenters. The summed E-state index contributed by atoms with van der Waals surface area (Å²) in [6.07, 6.45) is 1.56. The Labute approximate surface area is 116 Å². The SMILES string of the molecule is Cc1cccc(-c2cc3cc(C(=O)O)ncn3c2C)c1. The van der Waals surface area contributed by atoms with Gasteiger partial charge < -0.3 is 9.51 Å². The lowest BCUT2D eigenvalue weighted by Gasteiger charge is -2.02. The van der Waals surface area contributed by atoms with Gasteiger partial charge in [-0.2, -0.15) is 0 Å². The summed E-state index contributed by atoms with van der Waals surface area (Å²) in [6, 6.07) is 11.8. The van der Waals surface area contributed by atoms with Gasteiger partial charge in [0.25, 0.3) is 0 Å². The van der Waals surface area contributed by atoms with Crippen LogP contribution in [0.1, 0.15) is 21.7 Å². The first kappa shape index (κ1) is 12.4.